The van der Waals surface area contributed by atoms with E-state index >= 15 is 0 Å². The summed E-state index contributed by atoms with van der Waals surface area (Å²) in [6.45, 7) is 11.1. The Morgan fingerprint density at radius 2 is 1.32 bits per heavy atom. The van der Waals surface area contributed by atoms with Gasteiger partial charge < -0.3 is 44.8 Å². The number of ether oxygens (including phenoxy) is 3. The predicted octanol–water partition coefficient (Wildman–Crippen LogP) is 0.746. The molecule has 6 N–H and O–H groups in total. The Bertz CT molecular complexity index is 605. The lowest BCUT2D eigenvalue weighted by Gasteiger charge is -2.51. The zero-order valence-corrected chi connectivity index (χ0v) is 21.6. The average Bonchev–Trinajstić information content (AvgIpc) is 2.85. The molecule has 0 spiro atoms. The van der Waals surface area contributed by atoms with Crippen molar-refractivity contribution in [2.45, 2.75) is 134 Å². The van der Waals surface area contributed by atoms with Gasteiger partial charge in [0.25, 0.3) is 0 Å². The summed E-state index contributed by atoms with van der Waals surface area (Å²) in [5, 5.41) is 63.6. The highest BCUT2D eigenvalue weighted by atomic mass is 16.6. The van der Waals surface area contributed by atoms with Crippen LogP contribution in [-0.4, -0.2) is 104 Å². The van der Waals surface area contributed by atoms with E-state index in [2.05, 4.69) is 0 Å². The summed E-state index contributed by atoms with van der Waals surface area (Å²) in [6.07, 6.45) is -6.72. The maximum Gasteiger partial charge on any atom is 0.115 e. The van der Waals surface area contributed by atoms with Gasteiger partial charge in [-0.15, -0.1) is 0 Å². The van der Waals surface area contributed by atoms with Crippen molar-refractivity contribution in [3.8, 4) is 0 Å². The summed E-state index contributed by atoms with van der Waals surface area (Å²) in [6, 6.07) is 0. The Hall–Kier alpha value is -0.360. The third-order valence-electron chi connectivity index (χ3n) is 8.72. The zero-order chi connectivity index (χ0) is 25.8. The molecular weight excluding hydrogens is 444 g/mol. The van der Waals surface area contributed by atoms with E-state index in [4.69, 9.17) is 14.2 Å². The Morgan fingerprint density at radius 1 is 0.765 bits per heavy atom. The summed E-state index contributed by atoms with van der Waals surface area (Å²) in [5.74, 6) is -0.504. The van der Waals surface area contributed by atoms with Gasteiger partial charge in [-0.2, -0.15) is 0 Å². The highest BCUT2D eigenvalue weighted by molar-refractivity contribution is 5.01. The van der Waals surface area contributed by atoms with E-state index in [1.807, 2.05) is 41.5 Å². The van der Waals surface area contributed by atoms with Crippen LogP contribution in [0.25, 0.3) is 0 Å². The van der Waals surface area contributed by atoms with Gasteiger partial charge in [0, 0.05) is 12.5 Å². The van der Waals surface area contributed by atoms with E-state index in [1.54, 1.807) is 0 Å². The summed E-state index contributed by atoms with van der Waals surface area (Å²) in [7, 11) is 0. The molecule has 0 aromatic carbocycles. The molecule has 9 heteroatoms. The summed E-state index contributed by atoms with van der Waals surface area (Å²) < 4.78 is 18.2. The Morgan fingerprint density at radius 3 is 1.79 bits per heavy atom. The fraction of sp³-hybridized carbons (Fsp3) is 1.00. The van der Waals surface area contributed by atoms with Gasteiger partial charge in [0.05, 0.1) is 30.5 Å². The molecular formula is C25H48O9. The van der Waals surface area contributed by atoms with Crippen molar-refractivity contribution in [3.63, 3.8) is 0 Å². The summed E-state index contributed by atoms with van der Waals surface area (Å²) >= 11 is 0. The van der Waals surface area contributed by atoms with Crippen LogP contribution in [-0.2, 0) is 14.2 Å². The molecule has 34 heavy (non-hydrogen) atoms. The molecule has 0 radical (unpaired) electrons. The lowest BCUT2D eigenvalue weighted by Crippen LogP contribution is -2.65. The lowest BCUT2D eigenvalue weighted by molar-refractivity contribution is -0.292. The SMILES string of the molecule is CCC(C)(CC)OC1C(CO)CC(OC2C(CO)OC(C(C)(CC)CC)C(O)C2O)C(O)C1O. The standard InChI is InChI=1S/C25H48O9/c1-7-24(5,8-2)23-20(31)19(30)22(16(13-27)33-23)32-15-11-14(12-26)21(18(29)17(15)28)34-25(6,9-3)10-4/h14-23,26-31H,7-13H2,1-6H3. The molecule has 0 aromatic heterocycles. The number of aliphatic hydroxyl groups excluding tert-OH is 6. The van der Waals surface area contributed by atoms with Crippen LogP contribution >= 0.6 is 0 Å². The minimum absolute atomic E-state index is 0.172. The van der Waals surface area contributed by atoms with Crippen LogP contribution < -0.4 is 0 Å². The molecule has 2 fully saturated rings. The highest BCUT2D eigenvalue weighted by Gasteiger charge is 2.53. The Balaban J connectivity index is 2.21. The number of aliphatic hydroxyl groups is 6. The first kappa shape index (κ1) is 29.9. The van der Waals surface area contributed by atoms with Crippen LogP contribution in [0.5, 0.6) is 0 Å². The molecule has 2 rings (SSSR count). The zero-order valence-electron chi connectivity index (χ0n) is 21.6. The van der Waals surface area contributed by atoms with Gasteiger partial charge in [-0.25, -0.2) is 0 Å². The van der Waals surface area contributed by atoms with Gasteiger partial charge in [0.1, 0.15) is 36.6 Å². The predicted molar refractivity (Wildman–Crippen MR) is 126 cm³/mol. The second kappa shape index (κ2) is 12.3. The van der Waals surface area contributed by atoms with Crippen LogP contribution in [0.1, 0.15) is 73.6 Å². The van der Waals surface area contributed by atoms with Crippen LogP contribution in [0.3, 0.4) is 0 Å². The number of rotatable bonds is 11. The molecule has 10 atom stereocenters. The first-order valence-corrected chi connectivity index (χ1v) is 12.9. The molecule has 0 aromatic rings. The highest BCUT2D eigenvalue weighted by Crippen LogP contribution is 2.41. The van der Waals surface area contributed by atoms with Gasteiger partial charge in [-0.1, -0.05) is 34.6 Å². The van der Waals surface area contributed by atoms with Gasteiger partial charge >= 0.3 is 0 Å². The second-order valence-corrected chi connectivity index (χ2v) is 10.7. The van der Waals surface area contributed by atoms with Crippen LogP contribution in [0.2, 0.25) is 0 Å². The molecule has 0 amide bonds. The van der Waals surface area contributed by atoms with Gasteiger partial charge in [-0.3, -0.25) is 0 Å². The molecule has 0 bridgehead atoms. The molecule has 9 nitrogen and oxygen atoms in total. The van der Waals surface area contributed by atoms with E-state index < -0.39 is 78.5 Å². The average molecular weight is 493 g/mol. The Labute approximate surface area is 204 Å². The largest absolute Gasteiger partial charge is 0.396 e. The van der Waals surface area contributed by atoms with Gasteiger partial charge in [-0.05, 0) is 44.4 Å². The van der Waals surface area contributed by atoms with E-state index in [9.17, 15) is 30.6 Å². The fourth-order valence-electron chi connectivity index (χ4n) is 5.18. The van der Waals surface area contributed by atoms with Crippen molar-refractivity contribution < 1.29 is 44.8 Å². The van der Waals surface area contributed by atoms with Gasteiger partial charge in [0.2, 0.25) is 0 Å². The molecule has 2 aliphatic rings. The van der Waals surface area contributed by atoms with E-state index in [-0.39, 0.29) is 13.0 Å². The third kappa shape index (κ3) is 5.95. The van der Waals surface area contributed by atoms with Crippen molar-refractivity contribution in [1.29, 1.82) is 0 Å². The first-order valence-electron chi connectivity index (χ1n) is 12.9. The molecule has 1 aliphatic heterocycles. The van der Waals surface area contributed by atoms with Gasteiger partial charge in [0.15, 0.2) is 0 Å². The molecule has 1 saturated heterocycles. The van der Waals surface area contributed by atoms with Crippen LogP contribution in [0, 0.1) is 11.3 Å². The third-order valence-corrected chi connectivity index (χ3v) is 8.72. The minimum atomic E-state index is -1.36. The lowest BCUT2D eigenvalue weighted by atomic mass is 9.73. The van der Waals surface area contributed by atoms with Crippen molar-refractivity contribution >= 4 is 0 Å². The van der Waals surface area contributed by atoms with Crippen molar-refractivity contribution in [2.75, 3.05) is 13.2 Å². The molecule has 10 unspecified atom stereocenters. The molecule has 1 aliphatic carbocycles. The Kier molecular flexibility index (Phi) is 10.8. The molecule has 202 valence electrons. The summed E-state index contributed by atoms with van der Waals surface area (Å²) in [4.78, 5) is 0. The monoisotopic (exact) mass is 492 g/mol. The number of hydrogen-bond acceptors (Lipinski definition) is 9. The molecule has 1 heterocycles. The first-order chi connectivity index (χ1) is 15.9. The fourth-order valence-corrected chi connectivity index (χ4v) is 5.18. The van der Waals surface area contributed by atoms with E-state index in [0.717, 1.165) is 0 Å². The maximum atomic E-state index is 11.0. The second-order valence-electron chi connectivity index (χ2n) is 10.7. The van der Waals surface area contributed by atoms with E-state index in [1.165, 1.54) is 0 Å². The summed E-state index contributed by atoms with van der Waals surface area (Å²) in [5.41, 5.74) is -0.913. The smallest absolute Gasteiger partial charge is 0.115 e. The van der Waals surface area contributed by atoms with Crippen molar-refractivity contribution in [3.05, 3.63) is 0 Å². The maximum absolute atomic E-state index is 11.0. The van der Waals surface area contributed by atoms with Crippen LogP contribution in [0.15, 0.2) is 0 Å². The normalized spacial score (nSPS) is 39.9. The minimum Gasteiger partial charge on any atom is -0.396 e. The van der Waals surface area contributed by atoms with Crippen LogP contribution in [0.4, 0.5) is 0 Å². The number of hydrogen-bond donors (Lipinski definition) is 6. The van der Waals surface area contributed by atoms with Crippen molar-refractivity contribution in [2.24, 2.45) is 11.3 Å². The molecule has 1 saturated carbocycles. The van der Waals surface area contributed by atoms with Crippen molar-refractivity contribution in [1.82, 2.24) is 0 Å². The quantitative estimate of drug-likeness (QED) is 0.246. The van der Waals surface area contributed by atoms with E-state index in [0.29, 0.717) is 25.7 Å². The topological polar surface area (TPSA) is 149 Å².